The lowest BCUT2D eigenvalue weighted by atomic mass is 9.66. The number of carbonyl (C=O) groups is 1. The third-order valence-electron chi connectivity index (χ3n) is 3.83. The number of nitrogens with two attached hydrogens (primary N) is 1. The summed E-state index contributed by atoms with van der Waals surface area (Å²) < 4.78 is 5.41. The molecule has 0 saturated heterocycles. The van der Waals surface area contributed by atoms with Crippen LogP contribution in [0.3, 0.4) is 0 Å². The standard InChI is InChI=1S/C13H26N2O2/c1-3-17-8-7-13(5-4-6-13)10-15-12(16)11(2)9-14/h11H,3-10,14H2,1-2H3,(H,15,16). The van der Waals surface area contributed by atoms with Gasteiger partial charge in [0.15, 0.2) is 0 Å². The molecule has 17 heavy (non-hydrogen) atoms. The van der Waals surface area contributed by atoms with Gasteiger partial charge in [-0.05, 0) is 31.6 Å². The highest BCUT2D eigenvalue weighted by molar-refractivity contribution is 5.78. The molecule has 1 rings (SSSR count). The molecule has 0 aliphatic heterocycles. The lowest BCUT2D eigenvalue weighted by Crippen LogP contribution is -2.45. The third kappa shape index (κ3) is 4.28. The van der Waals surface area contributed by atoms with E-state index in [2.05, 4.69) is 5.32 Å². The average molecular weight is 242 g/mol. The highest BCUT2D eigenvalue weighted by Crippen LogP contribution is 2.43. The molecule has 1 aliphatic rings. The Morgan fingerprint density at radius 1 is 1.53 bits per heavy atom. The topological polar surface area (TPSA) is 64.3 Å². The Hall–Kier alpha value is -0.610. The number of ether oxygens (including phenoxy) is 1. The molecule has 1 fully saturated rings. The lowest BCUT2D eigenvalue weighted by molar-refractivity contribution is -0.125. The number of nitrogens with one attached hydrogen (secondary N) is 1. The molecule has 100 valence electrons. The molecule has 0 heterocycles. The van der Waals surface area contributed by atoms with E-state index in [4.69, 9.17) is 10.5 Å². The Labute approximate surface area is 104 Å². The Morgan fingerprint density at radius 2 is 2.24 bits per heavy atom. The van der Waals surface area contributed by atoms with Crippen LogP contribution in [0, 0.1) is 11.3 Å². The molecule has 1 amide bonds. The normalized spacial score (nSPS) is 19.5. The minimum absolute atomic E-state index is 0.0789. The predicted molar refractivity (Wildman–Crippen MR) is 68.6 cm³/mol. The van der Waals surface area contributed by atoms with Gasteiger partial charge in [0.2, 0.25) is 5.91 Å². The summed E-state index contributed by atoms with van der Waals surface area (Å²) in [6.45, 7) is 6.65. The Balaban J connectivity index is 2.28. The lowest BCUT2D eigenvalue weighted by Gasteiger charge is -2.42. The van der Waals surface area contributed by atoms with Gasteiger partial charge in [0.25, 0.3) is 0 Å². The van der Waals surface area contributed by atoms with Gasteiger partial charge < -0.3 is 15.8 Å². The summed E-state index contributed by atoms with van der Waals surface area (Å²) >= 11 is 0. The minimum Gasteiger partial charge on any atom is -0.382 e. The fourth-order valence-corrected chi connectivity index (χ4v) is 2.18. The molecule has 0 radical (unpaired) electrons. The van der Waals surface area contributed by atoms with E-state index in [0.717, 1.165) is 26.2 Å². The maximum absolute atomic E-state index is 11.7. The molecule has 0 bridgehead atoms. The second kappa shape index (κ2) is 6.97. The Bertz CT molecular complexity index is 240. The van der Waals surface area contributed by atoms with E-state index in [1.54, 1.807) is 0 Å². The van der Waals surface area contributed by atoms with Crippen molar-refractivity contribution in [3.63, 3.8) is 0 Å². The van der Waals surface area contributed by atoms with E-state index in [-0.39, 0.29) is 11.8 Å². The zero-order chi connectivity index (χ0) is 12.7. The van der Waals surface area contributed by atoms with Gasteiger partial charge in [-0.3, -0.25) is 4.79 Å². The second-order valence-electron chi connectivity index (χ2n) is 5.16. The van der Waals surface area contributed by atoms with Gasteiger partial charge in [-0.25, -0.2) is 0 Å². The van der Waals surface area contributed by atoms with Crippen LogP contribution in [0.25, 0.3) is 0 Å². The summed E-state index contributed by atoms with van der Waals surface area (Å²) in [5, 5.41) is 3.03. The summed E-state index contributed by atoms with van der Waals surface area (Å²) in [6.07, 6.45) is 4.74. The molecule has 0 aromatic carbocycles. The highest BCUT2D eigenvalue weighted by atomic mass is 16.5. The van der Waals surface area contributed by atoms with Gasteiger partial charge in [-0.15, -0.1) is 0 Å². The molecule has 1 saturated carbocycles. The van der Waals surface area contributed by atoms with Crippen LogP contribution < -0.4 is 11.1 Å². The van der Waals surface area contributed by atoms with Crippen molar-refractivity contribution in [2.24, 2.45) is 17.1 Å². The van der Waals surface area contributed by atoms with Crippen molar-refractivity contribution in [2.45, 2.75) is 39.5 Å². The molecule has 4 nitrogen and oxygen atoms in total. The van der Waals surface area contributed by atoms with Crippen LogP contribution in [0.4, 0.5) is 0 Å². The van der Waals surface area contributed by atoms with Gasteiger partial charge in [0.05, 0.1) is 0 Å². The van der Waals surface area contributed by atoms with Crippen LogP contribution in [-0.4, -0.2) is 32.2 Å². The third-order valence-corrected chi connectivity index (χ3v) is 3.83. The first kappa shape index (κ1) is 14.5. The van der Waals surface area contributed by atoms with Crippen LogP contribution in [0.5, 0.6) is 0 Å². The Kier molecular flexibility index (Phi) is 5.92. The zero-order valence-corrected chi connectivity index (χ0v) is 11.1. The molecular weight excluding hydrogens is 216 g/mol. The van der Waals surface area contributed by atoms with Crippen LogP contribution in [0.2, 0.25) is 0 Å². The zero-order valence-electron chi connectivity index (χ0n) is 11.1. The molecule has 4 heteroatoms. The van der Waals surface area contributed by atoms with E-state index in [9.17, 15) is 4.79 Å². The number of hydrogen-bond donors (Lipinski definition) is 2. The van der Waals surface area contributed by atoms with Gasteiger partial charge in [0, 0.05) is 32.2 Å². The summed E-state index contributed by atoms with van der Waals surface area (Å²) in [4.78, 5) is 11.7. The van der Waals surface area contributed by atoms with Crippen LogP contribution in [0.1, 0.15) is 39.5 Å². The van der Waals surface area contributed by atoms with Gasteiger partial charge in [-0.2, -0.15) is 0 Å². The van der Waals surface area contributed by atoms with Crippen molar-refractivity contribution in [2.75, 3.05) is 26.3 Å². The maximum atomic E-state index is 11.7. The molecule has 1 unspecified atom stereocenters. The SMILES string of the molecule is CCOCCC1(CNC(=O)C(C)CN)CCC1. The number of carbonyl (C=O) groups excluding carboxylic acids is 1. The van der Waals surface area contributed by atoms with Gasteiger partial charge >= 0.3 is 0 Å². The smallest absolute Gasteiger partial charge is 0.224 e. The van der Waals surface area contributed by atoms with E-state index in [1.807, 2.05) is 13.8 Å². The quantitative estimate of drug-likeness (QED) is 0.630. The van der Waals surface area contributed by atoms with Crippen molar-refractivity contribution in [1.82, 2.24) is 5.32 Å². The van der Waals surface area contributed by atoms with Gasteiger partial charge in [-0.1, -0.05) is 13.3 Å². The van der Waals surface area contributed by atoms with Crippen LogP contribution >= 0.6 is 0 Å². The molecular formula is C13H26N2O2. The van der Waals surface area contributed by atoms with Crippen LogP contribution in [-0.2, 0) is 9.53 Å². The maximum Gasteiger partial charge on any atom is 0.224 e. The fraction of sp³-hybridized carbons (Fsp3) is 0.923. The van der Waals surface area contributed by atoms with E-state index in [0.29, 0.717) is 12.0 Å². The summed E-state index contributed by atoms with van der Waals surface area (Å²) in [6, 6.07) is 0. The van der Waals surface area contributed by atoms with Crippen molar-refractivity contribution in [3.8, 4) is 0 Å². The van der Waals surface area contributed by atoms with Crippen molar-refractivity contribution in [1.29, 1.82) is 0 Å². The summed E-state index contributed by atoms with van der Waals surface area (Å²) in [7, 11) is 0. The first-order chi connectivity index (χ1) is 8.13. The first-order valence-corrected chi connectivity index (χ1v) is 6.69. The molecule has 0 aromatic heterocycles. The number of amides is 1. The highest BCUT2D eigenvalue weighted by Gasteiger charge is 2.36. The monoisotopic (exact) mass is 242 g/mol. The summed E-state index contributed by atoms with van der Waals surface area (Å²) in [5.74, 6) is -0.00537. The van der Waals surface area contributed by atoms with E-state index < -0.39 is 0 Å². The summed E-state index contributed by atoms with van der Waals surface area (Å²) in [5.41, 5.74) is 5.77. The van der Waals surface area contributed by atoms with Crippen LogP contribution in [0.15, 0.2) is 0 Å². The number of hydrogen-bond acceptors (Lipinski definition) is 3. The molecule has 1 aliphatic carbocycles. The van der Waals surface area contributed by atoms with Crippen molar-refractivity contribution in [3.05, 3.63) is 0 Å². The van der Waals surface area contributed by atoms with E-state index in [1.165, 1.54) is 19.3 Å². The largest absolute Gasteiger partial charge is 0.382 e. The molecule has 0 spiro atoms. The molecule has 1 atom stereocenters. The van der Waals surface area contributed by atoms with E-state index >= 15 is 0 Å². The Morgan fingerprint density at radius 3 is 2.71 bits per heavy atom. The molecule has 3 N–H and O–H groups in total. The number of rotatable bonds is 8. The average Bonchev–Trinajstić information content (AvgIpc) is 2.30. The fourth-order valence-electron chi connectivity index (χ4n) is 2.18. The molecule has 0 aromatic rings. The van der Waals surface area contributed by atoms with Crippen molar-refractivity contribution < 1.29 is 9.53 Å². The van der Waals surface area contributed by atoms with Gasteiger partial charge in [0.1, 0.15) is 0 Å². The second-order valence-corrected chi connectivity index (χ2v) is 5.16. The predicted octanol–water partition coefficient (Wildman–Crippen LogP) is 1.29. The minimum atomic E-state index is -0.0842. The van der Waals surface area contributed by atoms with Crippen molar-refractivity contribution >= 4 is 5.91 Å². The first-order valence-electron chi connectivity index (χ1n) is 6.69.